The Morgan fingerprint density at radius 3 is 2.95 bits per heavy atom. The molecule has 5 nitrogen and oxygen atoms in total. The summed E-state index contributed by atoms with van der Waals surface area (Å²) in [6.07, 6.45) is 1.72. The van der Waals surface area contributed by atoms with Crippen molar-refractivity contribution in [1.82, 2.24) is 15.5 Å². The van der Waals surface area contributed by atoms with E-state index < -0.39 is 0 Å². The van der Waals surface area contributed by atoms with E-state index >= 15 is 0 Å². The van der Waals surface area contributed by atoms with Gasteiger partial charge in [-0.25, -0.2) is 4.79 Å². The molecule has 1 atom stereocenters. The number of nitrogens with zero attached hydrogens (tertiary/aromatic N) is 1. The number of aromatic nitrogens is 2. The number of carbonyl (C=O) groups is 1. The van der Waals surface area contributed by atoms with Gasteiger partial charge in [-0.1, -0.05) is 23.7 Å². The number of fused-ring (bicyclic) bond motifs is 1. The molecule has 0 bridgehead atoms. The van der Waals surface area contributed by atoms with E-state index in [4.69, 9.17) is 11.6 Å². The highest BCUT2D eigenvalue weighted by Crippen LogP contribution is 2.19. The number of H-pyrrole nitrogens is 1. The Labute approximate surface area is 132 Å². The average Bonchev–Trinajstić information content (AvgIpc) is 2.94. The predicted molar refractivity (Wildman–Crippen MR) is 88.1 cm³/mol. The molecule has 3 N–H and O–H groups in total. The standard InChI is InChI=1S/C16H15ClN4O/c1-10(11-3-2-4-13(17)7-11)19-16(22)20-14-5-6-15-12(8-14)9-18-21-15/h2-10H,1H3,(H,18,21)(H2,19,20,22)/t10-/m1/s1. The number of carbonyl (C=O) groups excluding carboxylic acids is 1. The highest BCUT2D eigenvalue weighted by molar-refractivity contribution is 6.30. The number of hydrogen-bond acceptors (Lipinski definition) is 2. The number of halogens is 1. The lowest BCUT2D eigenvalue weighted by Gasteiger charge is -2.15. The van der Waals surface area contributed by atoms with Crippen molar-refractivity contribution < 1.29 is 4.79 Å². The molecule has 1 aromatic heterocycles. The van der Waals surface area contributed by atoms with Gasteiger partial charge in [-0.3, -0.25) is 5.10 Å². The molecule has 0 aliphatic rings. The average molecular weight is 315 g/mol. The molecule has 22 heavy (non-hydrogen) atoms. The van der Waals surface area contributed by atoms with Crippen molar-refractivity contribution in [3.05, 3.63) is 59.2 Å². The molecule has 0 saturated heterocycles. The van der Waals surface area contributed by atoms with Gasteiger partial charge in [0.25, 0.3) is 0 Å². The molecule has 3 rings (SSSR count). The minimum absolute atomic E-state index is 0.142. The number of anilines is 1. The third-order valence-electron chi connectivity index (χ3n) is 3.39. The Morgan fingerprint density at radius 2 is 2.14 bits per heavy atom. The molecule has 2 amide bonds. The van der Waals surface area contributed by atoms with E-state index in [1.165, 1.54) is 0 Å². The lowest BCUT2D eigenvalue weighted by molar-refractivity contribution is 0.249. The molecule has 0 saturated carbocycles. The molecule has 2 aromatic carbocycles. The van der Waals surface area contributed by atoms with Crippen LogP contribution < -0.4 is 10.6 Å². The van der Waals surface area contributed by atoms with E-state index in [9.17, 15) is 4.79 Å². The summed E-state index contributed by atoms with van der Waals surface area (Å²) in [5.41, 5.74) is 2.59. The lowest BCUT2D eigenvalue weighted by atomic mass is 10.1. The van der Waals surface area contributed by atoms with Gasteiger partial charge in [-0.2, -0.15) is 5.10 Å². The fraction of sp³-hybridized carbons (Fsp3) is 0.125. The number of rotatable bonds is 3. The summed E-state index contributed by atoms with van der Waals surface area (Å²) in [4.78, 5) is 12.1. The van der Waals surface area contributed by atoms with E-state index in [0.717, 1.165) is 16.5 Å². The summed E-state index contributed by atoms with van der Waals surface area (Å²) >= 11 is 5.96. The lowest BCUT2D eigenvalue weighted by Crippen LogP contribution is -2.31. The summed E-state index contributed by atoms with van der Waals surface area (Å²) in [6.45, 7) is 1.91. The van der Waals surface area contributed by atoms with Gasteiger partial charge in [0.1, 0.15) is 0 Å². The van der Waals surface area contributed by atoms with Crippen LogP contribution in [0.3, 0.4) is 0 Å². The number of urea groups is 1. The zero-order valence-corrected chi connectivity index (χ0v) is 12.7. The number of amides is 2. The molecule has 0 spiro atoms. The Bertz CT molecular complexity index is 815. The predicted octanol–water partition coefficient (Wildman–Crippen LogP) is 4.10. The van der Waals surface area contributed by atoms with Crippen molar-refractivity contribution >= 4 is 34.2 Å². The molecule has 1 heterocycles. The first-order valence-electron chi connectivity index (χ1n) is 6.88. The van der Waals surface area contributed by atoms with Gasteiger partial charge in [-0.15, -0.1) is 0 Å². The van der Waals surface area contributed by atoms with Crippen LogP contribution >= 0.6 is 11.6 Å². The first-order valence-corrected chi connectivity index (χ1v) is 7.26. The topological polar surface area (TPSA) is 69.8 Å². The van der Waals surface area contributed by atoms with Crippen LogP contribution in [-0.2, 0) is 0 Å². The fourth-order valence-corrected chi connectivity index (χ4v) is 2.44. The van der Waals surface area contributed by atoms with E-state index in [2.05, 4.69) is 20.8 Å². The van der Waals surface area contributed by atoms with Crippen LogP contribution in [0.2, 0.25) is 5.02 Å². The summed E-state index contributed by atoms with van der Waals surface area (Å²) < 4.78 is 0. The van der Waals surface area contributed by atoms with Gasteiger partial charge in [0, 0.05) is 16.1 Å². The minimum Gasteiger partial charge on any atom is -0.331 e. The van der Waals surface area contributed by atoms with E-state index in [1.807, 2.05) is 43.3 Å². The van der Waals surface area contributed by atoms with Gasteiger partial charge >= 0.3 is 6.03 Å². The molecule has 6 heteroatoms. The maximum absolute atomic E-state index is 12.1. The highest BCUT2D eigenvalue weighted by atomic mass is 35.5. The van der Waals surface area contributed by atoms with Gasteiger partial charge in [0.2, 0.25) is 0 Å². The van der Waals surface area contributed by atoms with Crippen molar-refractivity contribution in [2.24, 2.45) is 0 Å². The van der Waals surface area contributed by atoms with Crippen LogP contribution in [0.1, 0.15) is 18.5 Å². The van der Waals surface area contributed by atoms with Crippen LogP contribution in [0.4, 0.5) is 10.5 Å². The third kappa shape index (κ3) is 3.20. The second-order valence-electron chi connectivity index (χ2n) is 5.05. The van der Waals surface area contributed by atoms with Crippen LogP contribution in [-0.4, -0.2) is 16.2 Å². The third-order valence-corrected chi connectivity index (χ3v) is 3.63. The van der Waals surface area contributed by atoms with E-state index in [0.29, 0.717) is 10.7 Å². The fourth-order valence-electron chi connectivity index (χ4n) is 2.24. The molecule has 0 radical (unpaired) electrons. The quantitative estimate of drug-likeness (QED) is 0.681. The Kier molecular flexibility index (Phi) is 3.98. The maximum Gasteiger partial charge on any atom is 0.319 e. The highest BCUT2D eigenvalue weighted by Gasteiger charge is 2.10. The summed E-state index contributed by atoms with van der Waals surface area (Å²) in [5.74, 6) is 0. The molecular weight excluding hydrogens is 300 g/mol. The number of benzene rings is 2. The van der Waals surface area contributed by atoms with Crippen LogP contribution in [0, 0.1) is 0 Å². The maximum atomic E-state index is 12.1. The normalized spacial score (nSPS) is 12.1. The SMILES string of the molecule is C[C@@H](NC(=O)Nc1ccc2[nH]ncc2c1)c1cccc(Cl)c1. The van der Waals surface area contributed by atoms with Crippen molar-refractivity contribution in [2.45, 2.75) is 13.0 Å². The molecule has 0 fully saturated rings. The zero-order chi connectivity index (χ0) is 15.5. The van der Waals surface area contributed by atoms with Crippen molar-refractivity contribution in [1.29, 1.82) is 0 Å². The van der Waals surface area contributed by atoms with Gasteiger partial charge in [-0.05, 0) is 42.8 Å². The van der Waals surface area contributed by atoms with Crippen LogP contribution in [0.5, 0.6) is 0 Å². The van der Waals surface area contributed by atoms with Gasteiger partial charge < -0.3 is 10.6 Å². The Hall–Kier alpha value is -2.53. The largest absolute Gasteiger partial charge is 0.331 e. The second-order valence-corrected chi connectivity index (χ2v) is 5.48. The minimum atomic E-state index is -0.268. The smallest absolute Gasteiger partial charge is 0.319 e. The van der Waals surface area contributed by atoms with Crippen molar-refractivity contribution in [2.75, 3.05) is 5.32 Å². The second kappa shape index (κ2) is 6.07. The van der Waals surface area contributed by atoms with E-state index in [-0.39, 0.29) is 12.1 Å². The number of hydrogen-bond donors (Lipinski definition) is 3. The number of nitrogens with one attached hydrogen (secondary N) is 3. The van der Waals surface area contributed by atoms with Crippen molar-refractivity contribution in [3.63, 3.8) is 0 Å². The molecule has 0 aliphatic heterocycles. The number of aromatic amines is 1. The summed E-state index contributed by atoms with van der Waals surface area (Å²) in [5, 5.41) is 14.1. The van der Waals surface area contributed by atoms with Gasteiger partial charge in [0.05, 0.1) is 17.8 Å². The van der Waals surface area contributed by atoms with E-state index in [1.54, 1.807) is 12.3 Å². The molecule has 112 valence electrons. The molecule has 3 aromatic rings. The molecular formula is C16H15ClN4O. The first-order chi connectivity index (χ1) is 10.6. The van der Waals surface area contributed by atoms with Crippen LogP contribution in [0.25, 0.3) is 10.9 Å². The Morgan fingerprint density at radius 1 is 1.27 bits per heavy atom. The summed E-state index contributed by atoms with van der Waals surface area (Å²) in [6, 6.07) is 12.6. The molecule has 0 aliphatic carbocycles. The molecule has 0 unspecified atom stereocenters. The van der Waals surface area contributed by atoms with Crippen molar-refractivity contribution in [3.8, 4) is 0 Å². The zero-order valence-electron chi connectivity index (χ0n) is 11.9. The Balaban J connectivity index is 1.66. The van der Waals surface area contributed by atoms with Gasteiger partial charge in [0.15, 0.2) is 0 Å². The van der Waals surface area contributed by atoms with Crippen LogP contribution in [0.15, 0.2) is 48.7 Å². The monoisotopic (exact) mass is 314 g/mol. The summed E-state index contributed by atoms with van der Waals surface area (Å²) in [7, 11) is 0. The first kappa shape index (κ1) is 14.4.